The van der Waals surface area contributed by atoms with Crippen LogP contribution in [0.15, 0.2) is 36.4 Å². The van der Waals surface area contributed by atoms with Crippen LogP contribution in [0, 0.1) is 24.2 Å². The van der Waals surface area contributed by atoms with E-state index in [1.165, 1.54) is 0 Å². The number of aromatic amines is 1. The molecule has 2 aromatic carbocycles. The molecule has 0 aliphatic rings. The van der Waals surface area contributed by atoms with Crippen LogP contribution < -0.4 is 9.47 Å². The highest BCUT2D eigenvalue weighted by Gasteiger charge is 2.10. The molecule has 5 nitrogen and oxygen atoms in total. The fraction of sp³-hybridized carbons (Fsp3) is 0.304. The SMILES string of the molecule is COc1cc(C=C(C#N)c2nc3ccc(C)cc3[nH]2)ccc1OCCC(C)C. The molecule has 0 atom stereocenters. The fourth-order valence-electron chi connectivity index (χ4n) is 2.87. The molecule has 0 amide bonds. The van der Waals surface area contributed by atoms with Crippen LogP contribution in [0.25, 0.3) is 22.7 Å². The maximum Gasteiger partial charge on any atom is 0.161 e. The normalized spacial score (nSPS) is 11.6. The number of nitrogens with zero attached hydrogens (tertiary/aromatic N) is 2. The van der Waals surface area contributed by atoms with Crippen LogP contribution in [0.2, 0.25) is 0 Å². The number of hydrogen-bond acceptors (Lipinski definition) is 4. The van der Waals surface area contributed by atoms with Gasteiger partial charge in [-0.2, -0.15) is 5.26 Å². The Hall–Kier alpha value is -3.26. The zero-order chi connectivity index (χ0) is 20.1. The highest BCUT2D eigenvalue weighted by atomic mass is 16.5. The first-order chi connectivity index (χ1) is 13.5. The lowest BCUT2D eigenvalue weighted by molar-refractivity contribution is 0.273. The van der Waals surface area contributed by atoms with Crippen molar-refractivity contribution in [3.05, 3.63) is 53.3 Å². The monoisotopic (exact) mass is 375 g/mol. The molecule has 5 heteroatoms. The average Bonchev–Trinajstić information content (AvgIpc) is 3.09. The van der Waals surface area contributed by atoms with E-state index in [0.29, 0.717) is 35.4 Å². The third-order valence-corrected chi connectivity index (χ3v) is 4.46. The maximum atomic E-state index is 9.64. The summed E-state index contributed by atoms with van der Waals surface area (Å²) in [4.78, 5) is 7.76. The number of H-pyrrole nitrogens is 1. The van der Waals surface area contributed by atoms with Gasteiger partial charge in [-0.1, -0.05) is 26.0 Å². The predicted octanol–water partition coefficient (Wildman–Crippen LogP) is 5.37. The molecule has 1 N–H and O–H groups in total. The van der Waals surface area contributed by atoms with Crippen LogP contribution in [0.4, 0.5) is 0 Å². The van der Waals surface area contributed by atoms with Crippen molar-refractivity contribution >= 4 is 22.7 Å². The van der Waals surface area contributed by atoms with Crippen LogP contribution in [0.1, 0.15) is 37.2 Å². The first-order valence-corrected chi connectivity index (χ1v) is 9.39. The minimum Gasteiger partial charge on any atom is -0.493 e. The molecule has 3 aromatic rings. The molecule has 0 spiro atoms. The Morgan fingerprint density at radius 3 is 2.75 bits per heavy atom. The number of rotatable bonds is 7. The number of hydrogen-bond donors (Lipinski definition) is 1. The number of nitriles is 1. The van der Waals surface area contributed by atoms with Gasteiger partial charge in [0.2, 0.25) is 0 Å². The third-order valence-electron chi connectivity index (χ3n) is 4.46. The van der Waals surface area contributed by atoms with E-state index >= 15 is 0 Å². The van der Waals surface area contributed by atoms with E-state index in [1.54, 1.807) is 13.2 Å². The molecule has 1 heterocycles. The first kappa shape index (κ1) is 19.5. The van der Waals surface area contributed by atoms with E-state index in [1.807, 2.05) is 43.3 Å². The lowest BCUT2D eigenvalue weighted by Crippen LogP contribution is -2.02. The van der Waals surface area contributed by atoms with Gasteiger partial charge in [-0.05, 0) is 60.7 Å². The molecule has 144 valence electrons. The summed E-state index contributed by atoms with van der Waals surface area (Å²) in [6.07, 6.45) is 2.78. The van der Waals surface area contributed by atoms with Crippen molar-refractivity contribution in [2.75, 3.05) is 13.7 Å². The number of nitrogens with one attached hydrogen (secondary N) is 1. The topological polar surface area (TPSA) is 70.9 Å². The largest absolute Gasteiger partial charge is 0.493 e. The standard InChI is InChI=1S/C23H25N3O2/c1-15(2)9-10-28-21-8-6-17(13-22(21)27-4)12-18(14-24)23-25-19-7-5-16(3)11-20(19)26-23/h5-8,11-13,15H,9-10H2,1-4H3,(H,25,26). The van der Waals surface area contributed by atoms with E-state index in [-0.39, 0.29) is 0 Å². The molecule has 0 saturated heterocycles. The second-order valence-corrected chi connectivity index (χ2v) is 7.22. The van der Waals surface area contributed by atoms with E-state index in [2.05, 4.69) is 29.9 Å². The molecule has 0 saturated carbocycles. The van der Waals surface area contributed by atoms with Crippen molar-refractivity contribution in [1.82, 2.24) is 9.97 Å². The zero-order valence-electron chi connectivity index (χ0n) is 16.7. The number of ether oxygens (including phenoxy) is 2. The smallest absolute Gasteiger partial charge is 0.161 e. The van der Waals surface area contributed by atoms with Crippen LogP contribution in [-0.2, 0) is 0 Å². The Kier molecular flexibility index (Phi) is 6.00. The van der Waals surface area contributed by atoms with Gasteiger partial charge in [0.05, 0.1) is 30.3 Å². The number of methoxy groups -OCH3 is 1. The molecule has 0 aliphatic heterocycles. The zero-order valence-corrected chi connectivity index (χ0v) is 16.7. The van der Waals surface area contributed by atoms with Crippen molar-refractivity contribution in [2.45, 2.75) is 27.2 Å². The Bertz CT molecular complexity index is 1040. The number of aryl methyl sites for hydroxylation is 1. The Balaban J connectivity index is 1.88. The summed E-state index contributed by atoms with van der Waals surface area (Å²) >= 11 is 0. The highest BCUT2D eigenvalue weighted by molar-refractivity contribution is 5.90. The Morgan fingerprint density at radius 2 is 2.04 bits per heavy atom. The van der Waals surface area contributed by atoms with E-state index in [4.69, 9.17) is 9.47 Å². The molecule has 0 fully saturated rings. The summed E-state index contributed by atoms with van der Waals surface area (Å²) in [5, 5.41) is 9.64. The molecule has 3 rings (SSSR count). The second kappa shape index (κ2) is 8.62. The van der Waals surface area contributed by atoms with Crippen molar-refractivity contribution in [2.24, 2.45) is 5.92 Å². The number of allylic oxidation sites excluding steroid dienone is 1. The minimum atomic E-state index is 0.462. The summed E-state index contributed by atoms with van der Waals surface area (Å²) in [7, 11) is 1.62. The summed E-state index contributed by atoms with van der Waals surface area (Å²) in [5.74, 6) is 2.49. The molecule has 28 heavy (non-hydrogen) atoms. The lowest BCUT2D eigenvalue weighted by Gasteiger charge is -2.12. The molecular formula is C23H25N3O2. The molecule has 0 aliphatic carbocycles. The molecule has 0 unspecified atom stereocenters. The number of aromatic nitrogens is 2. The Morgan fingerprint density at radius 1 is 1.21 bits per heavy atom. The third kappa shape index (κ3) is 4.52. The van der Waals surface area contributed by atoms with Gasteiger partial charge in [-0.15, -0.1) is 0 Å². The fourth-order valence-corrected chi connectivity index (χ4v) is 2.87. The van der Waals surface area contributed by atoms with E-state index < -0.39 is 0 Å². The Labute approximate surface area is 165 Å². The van der Waals surface area contributed by atoms with Gasteiger partial charge in [-0.25, -0.2) is 4.98 Å². The van der Waals surface area contributed by atoms with Crippen molar-refractivity contribution in [1.29, 1.82) is 5.26 Å². The van der Waals surface area contributed by atoms with Gasteiger partial charge in [0, 0.05) is 0 Å². The maximum absolute atomic E-state index is 9.64. The van der Waals surface area contributed by atoms with Crippen molar-refractivity contribution < 1.29 is 9.47 Å². The van der Waals surface area contributed by atoms with Gasteiger partial charge in [-0.3, -0.25) is 0 Å². The number of imidazole rings is 1. The van der Waals surface area contributed by atoms with Gasteiger partial charge in [0.25, 0.3) is 0 Å². The van der Waals surface area contributed by atoms with Crippen LogP contribution in [0.5, 0.6) is 11.5 Å². The second-order valence-electron chi connectivity index (χ2n) is 7.22. The molecule has 0 bridgehead atoms. The summed E-state index contributed by atoms with van der Waals surface area (Å²) in [6.45, 7) is 7.00. The average molecular weight is 375 g/mol. The van der Waals surface area contributed by atoms with E-state index in [9.17, 15) is 5.26 Å². The first-order valence-electron chi connectivity index (χ1n) is 9.39. The highest BCUT2D eigenvalue weighted by Crippen LogP contribution is 2.30. The van der Waals surface area contributed by atoms with Crippen molar-refractivity contribution in [3.63, 3.8) is 0 Å². The van der Waals surface area contributed by atoms with Crippen LogP contribution in [-0.4, -0.2) is 23.7 Å². The summed E-state index contributed by atoms with van der Waals surface area (Å²) < 4.78 is 11.3. The van der Waals surface area contributed by atoms with Gasteiger partial charge < -0.3 is 14.5 Å². The molecular weight excluding hydrogens is 350 g/mol. The van der Waals surface area contributed by atoms with E-state index in [0.717, 1.165) is 28.6 Å². The van der Waals surface area contributed by atoms with Gasteiger partial charge in [0.15, 0.2) is 11.5 Å². The number of fused-ring (bicyclic) bond motifs is 1. The number of benzene rings is 2. The minimum absolute atomic E-state index is 0.462. The van der Waals surface area contributed by atoms with Crippen molar-refractivity contribution in [3.8, 4) is 17.6 Å². The molecule has 1 aromatic heterocycles. The van der Waals surface area contributed by atoms with Gasteiger partial charge >= 0.3 is 0 Å². The quantitative estimate of drug-likeness (QED) is 0.564. The molecule has 0 radical (unpaired) electrons. The summed E-state index contributed by atoms with van der Waals surface area (Å²) in [6, 6.07) is 13.9. The predicted molar refractivity (Wildman–Crippen MR) is 112 cm³/mol. The van der Waals surface area contributed by atoms with Crippen LogP contribution >= 0.6 is 0 Å². The lowest BCUT2D eigenvalue weighted by atomic mass is 10.1. The summed E-state index contributed by atoms with van der Waals surface area (Å²) in [5.41, 5.74) is 4.21. The van der Waals surface area contributed by atoms with Gasteiger partial charge in [0.1, 0.15) is 11.9 Å². The van der Waals surface area contributed by atoms with Crippen LogP contribution in [0.3, 0.4) is 0 Å².